The Morgan fingerprint density at radius 2 is 1.94 bits per heavy atom. The van der Waals surface area contributed by atoms with Crippen LogP contribution < -0.4 is 16.4 Å². The van der Waals surface area contributed by atoms with Gasteiger partial charge in [-0.25, -0.2) is 4.79 Å². The number of imide groups is 1. The molecule has 0 unspecified atom stereocenters. The lowest BCUT2D eigenvalue weighted by molar-refractivity contribution is -0.117. The summed E-state index contributed by atoms with van der Waals surface area (Å²) in [6.07, 6.45) is 0. The molecule has 3 amide bonds. The highest BCUT2D eigenvalue weighted by atomic mass is 32.2. The van der Waals surface area contributed by atoms with Crippen LogP contribution in [0.1, 0.15) is 27.7 Å². The summed E-state index contributed by atoms with van der Waals surface area (Å²) in [5.74, 6) is 0.993. The van der Waals surface area contributed by atoms with Gasteiger partial charge in [-0.2, -0.15) is 11.8 Å². The van der Waals surface area contributed by atoms with Crippen LogP contribution in [0.15, 0.2) is 0 Å². The summed E-state index contributed by atoms with van der Waals surface area (Å²) in [6, 6.07) is -0.434. The molecule has 0 saturated carbocycles. The quantitative estimate of drug-likeness (QED) is 0.664. The Morgan fingerprint density at radius 3 is 2.41 bits per heavy atom. The van der Waals surface area contributed by atoms with E-state index >= 15 is 0 Å². The van der Waals surface area contributed by atoms with Gasteiger partial charge in [0.05, 0.1) is 5.75 Å². The van der Waals surface area contributed by atoms with Crippen molar-refractivity contribution in [2.24, 2.45) is 11.7 Å². The van der Waals surface area contributed by atoms with E-state index < -0.39 is 6.03 Å². The lowest BCUT2D eigenvalue weighted by atomic mass is 10.1. The van der Waals surface area contributed by atoms with Gasteiger partial charge in [0.25, 0.3) is 0 Å². The van der Waals surface area contributed by atoms with Crippen molar-refractivity contribution in [1.29, 1.82) is 0 Å². The second-order valence-corrected chi connectivity index (χ2v) is 6.12. The van der Waals surface area contributed by atoms with Gasteiger partial charge in [0.15, 0.2) is 0 Å². The SMILES string of the molecule is CC(C)CNC(=O)NC(=O)CSCC(C)(C)N. The highest BCUT2D eigenvalue weighted by Crippen LogP contribution is 2.08. The molecule has 100 valence electrons. The third-order valence-corrected chi connectivity index (χ3v) is 3.05. The van der Waals surface area contributed by atoms with E-state index in [0.717, 1.165) is 0 Å². The highest BCUT2D eigenvalue weighted by Gasteiger charge is 2.13. The van der Waals surface area contributed by atoms with E-state index in [9.17, 15) is 9.59 Å². The molecule has 4 N–H and O–H groups in total. The number of nitrogens with two attached hydrogens (primary N) is 1. The van der Waals surface area contributed by atoms with Gasteiger partial charge in [0.2, 0.25) is 5.91 Å². The summed E-state index contributed by atoms with van der Waals surface area (Å²) in [4.78, 5) is 22.6. The van der Waals surface area contributed by atoms with Crippen LogP contribution in [0, 0.1) is 5.92 Å². The molecule has 0 aliphatic carbocycles. The number of nitrogens with one attached hydrogen (secondary N) is 2. The molecule has 0 aromatic heterocycles. The minimum absolute atomic E-state index is 0.246. The molecule has 6 heteroatoms. The molecular formula is C11H23N3O2S. The molecule has 17 heavy (non-hydrogen) atoms. The van der Waals surface area contributed by atoms with Crippen LogP contribution in [0.2, 0.25) is 0 Å². The van der Waals surface area contributed by atoms with Crippen LogP contribution in [0.25, 0.3) is 0 Å². The van der Waals surface area contributed by atoms with Gasteiger partial charge < -0.3 is 11.1 Å². The Kier molecular flexibility index (Phi) is 7.22. The molecule has 0 atom stereocenters. The second-order valence-electron chi connectivity index (χ2n) is 5.13. The minimum Gasteiger partial charge on any atom is -0.338 e. The largest absolute Gasteiger partial charge is 0.338 e. The molecule has 0 bridgehead atoms. The number of hydrogen-bond acceptors (Lipinski definition) is 4. The van der Waals surface area contributed by atoms with Gasteiger partial charge in [0, 0.05) is 17.8 Å². The number of amides is 3. The molecule has 0 aliphatic heterocycles. The van der Waals surface area contributed by atoms with E-state index in [1.807, 2.05) is 27.7 Å². The Labute approximate surface area is 107 Å². The van der Waals surface area contributed by atoms with Crippen LogP contribution in [-0.2, 0) is 4.79 Å². The zero-order valence-electron chi connectivity index (χ0n) is 11.0. The van der Waals surface area contributed by atoms with Gasteiger partial charge in [-0.1, -0.05) is 13.8 Å². The van der Waals surface area contributed by atoms with Gasteiger partial charge in [-0.3, -0.25) is 10.1 Å². The fourth-order valence-corrected chi connectivity index (χ4v) is 1.80. The van der Waals surface area contributed by atoms with Crippen LogP contribution in [0.5, 0.6) is 0 Å². The fourth-order valence-electron chi connectivity index (χ4n) is 0.911. The lowest BCUT2D eigenvalue weighted by Gasteiger charge is -2.17. The molecule has 0 aliphatic rings. The van der Waals surface area contributed by atoms with Crippen molar-refractivity contribution >= 4 is 23.7 Å². The fraction of sp³-hybridized carbons (Fsp3) is 0.818. The zero-order valence-corrected chi connectivity index (χ0v) is 11.8. The predicted molar refractivity (Wildman–Crippen MR) is 72.0 cm³/mol. The molecule has 0 rings (SSSR count). The van der Waals surface area contributed by atoms with Crippen molar-refractivity contribution in [3.05, 3.63) is 0 Å². The normalized spacial score (nSPS) is 11.4. The summed E-state index contributed by atoms with van der Waals surface area (Å²) in [7, 11) is 0. The topological polar surface area (TPSA) is 84.2 Å². The van der Waals surface area contributed by atoms with E-state index in [-0.39, 0.29) is 17.2 Å². The number of thioether (sulfide) groups is 1. The van der Waals surface area contributed by atoms with E-state index in [2.05, 4.69) is 10.6 Å². The van der Waals surface area contributed by atoms with Gasteiger partial charge >= 0.3 is 6.03 Å². The van der Waals surface area contributed by atoms with Crippen LogP contribution in [0.3, 0.4) is 0 Å². The summed E-state index contributed by atoms with van der Waals surface area (Å²) < 4.78 is 0. The first-order chi connectivity index (χ1) is 7.70. The molecular weight excluding hydrogens is 238 g/mol. The standard InChI is InChI=1S/C11H23N3O2S/c1-8(2)5-13-10(16)14-9(15)6-17-7-11(3,4)12/h8H,5-7,12H2,1-4H3,(H2,13,14,15,16). The van der Waals surface area contributed by atoms with Crippen molar-refractivity contribution in [1.82, 2.24) is 10.6 Å². The molecule has 0 spiro atoms. The Morgan fingerprint density at radius 1 is 1.35 bits per heavy atom. The average molecular weight is 261 g/mol. The first-order valence-electron chi connectivity index (χ1n) is 5.65. The second kappa shape index (κ2) is 7.55. The molecule has 0 radical (unpaired) electrons. The zero-order chi connectivity index (χ0) is 13.5. The number of rotatable bonds is 6. The van der Waals surface area contributed by atoms with Crippen LogP contribution in [0.4, 0.5) is 4.79 Å². The summed E-state index contributed by atoms with van der Waals surface area (Å²) in [5, 5.41) is 4.89. The lowest BCUT2D eigenvalue weighted by Crippen LogP contribution is -2.42. The Balaban J connectivity index is 3.68. The minimum atomic E-state index is -0.434. The van der Waals surface area contributed by atoms with Crippen molar-refractivity contribution in [2.45, 2.75) is 33.2 Å². The first kappa shape index (κ1) is 16.2. The van der Waals surface area contributed by atoms with Crippen molar-refractivity contribution in [3.8, 4) is 0 Å². The molecule has 0 saturated heterocycles. The first-order valence-corrected chi connectivity index (χ1v) is 6.80. The number of urea groups is 1. The maximum atomic E-state index is 11.4. The van der Waals surface area contributed by atoms with E-state index in [0.29, 0.717) is 18.2 Å². The monoisotopic (exact) mass is 261 g/mol. The number of carbonyl (C=O) groups is 2. The summed E-state index contributed by atoms with van der Waals surface area (Å²) in [5.41, 5.74) is 5.47. The van der Waals surface area contributed by atoms with Crippen molar-refractivity contribution < 1.29 is 9.59 Å². The predicted octanol–water partition coefficient (Wildman–Crippen LogP) is 0.939. The van der Waals surface area contributed by atoms with Crippen LogP contribution in [-0.4, -0.2) is 35.5 Å². The summed E-state index contributed by atoms with van der Waals surface area (Å²) >= 11 is 1.42. The third-order valence-electron chi connectivity index (χ3n) is 1.63. The smallest absolute Gasteiger partial charge is 0.321 e. The van der Waals surface area contributed by atoms with Gasteiger partial charge in [-0.05, 0) is 19.8 Å². The van der Waals surface area contributed by atoms with Crippen LogP contribution >= 0.6 is 11.8 Å². The van der Waals surface area contributed by atoms with Gasteiger partial charge in [0.1, 0.15) is 0 Å². The molecule has 0 aromatic carbocycles. The maximum absolute atomic E-state index is 11.4. The molecule has 0 heterocycles. The number of carbonyl (C=O) groups excluding carboxylic acids is 2. The summed E-state index contributed by atoms with van der Waals surface area (Å²) in [6.45, 7) is 8.32. The van der Waals surface area contributed by atoms with E-state index in [1.54, 1.807) is 0 Å². The number of hydrogen-bond donors (Lipinski definition) is 3. The van der Waals surface area contributed by atoms with E-state index in [1.165, 1.54) is 11.8 Å². The molecule has 5 nitrogen and oxygen atoms in total. The van der Waals surface area contributed by atoms with Gasteiger partial charge in [-0.15, -0.1) is 0 Å². The third kappa shape index (κ3) is 11.5. The van der Waals surface area contributed by atoms with Crippen molar-refractivity contribution in [2.75, 3.05) is 18.1 Å². The molecule has 0 fully saturated rings. The molecule has 0 aromatic rings. The average Bonchev–Trinajstić information content (AvgIpc) is 2.12. The van der Waals surface area contributed by atoms with E-state index in [4.69, 9.17) is 5.73 Å². The highest BCUT2D eigenvalue weighted by molar-refractivity contribution is 8.00. The maximum Gasteiger partial charge on any atom is 0.321 e. The Bertz CT molecular complexity index is 262. The Hall–Kier alpha value is -0.750. The van der Waals surface area contributed by atoms with Crippen molar-refractivity contribution in [3.63, 3.8) is 0 Å².